The summed E-state index contributed by atoms with van der Waals surface area (Å²) in [7, 11) is 0. The number of thiazole rings is 1. The van der Waals surface area contributed by atoms with Gasteiger partial charge in [0.1, 0.15) is 5.54 Å². The predicted octanol–water partition coefficient (Wildman–Crippen LogP) is 1.62. The van der Waals surface area contributed by atoms with Gasteiger partial charge in [0, 0.05) is 23.5 Å². The third-order valence-corrected chi connectivity index (χ3v) is 4.98. The zero-order chi connectivity index (χ0) is 14.7. The van der Waals surface area contributed by atoms with Crippen LogP contribution in [0.25, 0.3) is 0 Å². The number of anilines is 1. The van der Waals surface area contributed by atoms with Crippen molar-refractivity contribution >= 4 is 22.4 Å². The summed E-state index contributed by atoms with van der Waals surface area (Å²) in [6.45, 7) is 3.70. The average molecular weight is 305 g/mol. The number of piperidine rings is 1. The summed E-state index contributed by atoms with van der Waals surface area (Å²) in [5.74, 6) is -0.0234. The first kappa shape index (κ1) is 14.2. The Hall–Kier alpha value is -1.73. The van der Waals surface area contributed by atoms with Gasteiger partial charge in [0.2, 0.25) is 0 Å². The molecule has 3 rings (SSSR count). The van der Waals surface area contributed by atoms with Crippen LogP contribution in [0.1, 0.15) is 24.6 Å². The highest BCUT2D eigenvalue weighted by Gasteiger charge is 2.42. The van der Waals surface area contributed by atoms with E-state index < -0.39 is 5.54 Å². The summed E-state index contributed by atoms with van der Waals surface area (Å²) >= 11 is 1.53. The van der Waals surface area contributed by atoms with Crippen LogP contribution < -0.4 is 10.6 Å². The highest BCUT2D eigenvalue weighted by Crippen LogP contribution is 2.29. The zero-order valence-electron chi connectivity index (χ0n) is 12.0. The van der Waals surface area contributed by atoms with Gasteiger partial charge in [-0.15, -0.1) is 11.3 Å². The summed E-state index contributed by atoms with van der Waals surface area (Å²) in [5.41, 5.74) is -0.618. The lowest BCUT2D eigenvalue weighted by molar-refractivity contribution is -0.126. The molecule has 0 aromatic carbocycles. The molecular formula is C14H19N5OS. The van der Waals surface area contributed by atoms with Crippen LogP contribution in [0.4, 0.5) is 5.13 Å². The van der Waals surface area contributed by atoms with Crippen LogP contribution in [0.2, 0.25) is 0 Å². The molecule has 0 bridgehead atoms. The van der Waals surface area contributed by atoms with Crippen LogP contribution in [0.5, 0.6) is 0 Å². The minimum atomic E-state index is -0.618. The maximum Gasteiger partial charge on any atom is 0.254 e. The highest BCUT2D eigenvalue weighted by molar-refractivity contribution is 7.15. The molecule has 0 unspecified atom stereocenters. The Morgan fingerprint density at radius 1 is 1.52 bits per heavy atom. The third kappa shape index (κ3) is 2.71. The second kappa shape index (κ2) is 5.95. The largest absolute Gasteiger partial charge is 0.317 e. The van der Waals surface area contributed by atoms with Gasteiger partial charge >= 0.3 is 0 Å². The number of aryl methyl sites for hydroxylation is 1. The van der Waals surface area contributed by atoms with E-state index >= 15 is 0 Å². The van der Waals surface area contributed by atoms with E-state index in [1.807, 2.05) is 18.5 Å². The molecule has 1 aliphatic heterocycles. The van der Waals surface area contributed by atoms with E-state index in [0.717, 1.165) is 32.4 Å². The number of rotatable bonds is 4. The normalized spacial score (nSPS) is 17.6. The minimum Gasteiger partial charge on any atom is -0.317 e. The summed E-state index contributed by atoms with van der Waals surface area (Å²) in [6, 6.07) is 1.86. The summed E-state index contributed by atoms with van der Waals surface area (Å²) in [5, 5.41) is 11.3. The second-order valence-corrected chi connectivity index (χ2v) is 6.29. The molecule has 1 saturated heterocycles. The number of hydrogen-bond acceptors (Lipinski definition) is 5. The van der Waals surface area contributed by atoms with Gasteiger partial charge in [-0.2, -0.15) is 5.10 Å². The summed E-state index contributed by atoms with van der Waals surface area (Å²) in [4.78, 5) is 18.3. The second-order valence-electron chi connectivity index (χ2n) is 5.17. The van der Waals surface area contributed by atoms with Crippen molar-refractivity contribution in [2.75, 3.05) is 18.4 Å². The number of nitrogens with one attached hydrogen (secondary N) is 2. The van der Waals surface area contributed by atoms with Gasteiger partial charge in [-0.1, -0.05) is 6.92 Å². The fourth-order valence-corrected chi connectivity index (χ4v) is 3.41. The molecule has 1 amide bonds. The molecule has 6 nitrogen and oxygen atoms in total. The van der Waals surface area contributed by atoms with Gasteiger partial charge in [0.25, 0.3) is 5.91 Å². The average Bonchev–Trinajstić information content (AvgIpc) is 3.19. The molecule has 21 heavy (non-hydrogen) atoms. The Balaban J connectivity index is 1.84. The lowest BCUT2D eigenvalue weighted by atomic mass is 9.87. The van der Waals surface area contributed by atoms with Crippen LogP contribution in [0, 0.1) is 0 Å². The van der Waals surface area contributed by atoms with Crippen LogP contribution in [0.3, 0.4) is 0 Å². The van der Waals surface area contributed by atoms with E-state index in [-0.39, 0.29) is 5.91 Å². The first-order chi connectivity index (χ1) is 10.2. The molecule has 0 saturated carbocycles. The SMILES string of the molecule is CCc1cnc(NC(=O)C2(n3cccn3)CCNCC2)s1. The molecular weight excluding hydrogens is 286 g/mol. The van der Waals surface area contributed by atoms with E-state index in [4.69, 9.17) is 0 Å². The molecule has 1 aliphatic rings. The van der Waals surface area contributed by atoms with Crippen molar-refractivity contribution in [3.8, 4) is 0 Å². The highest BCUT2D eigenvalue weighted by atomic mass is 32.1. The molecule has 1 fully saturated rings. The number of amides is 1. The van der Waals surface area contributed by atoms with Crippen LogP contribution in [-0.2, 0) is 16.8 Å². The van der Waals surface area contributed by atoms with Crippen LogP contribution in [0.15, 0.2) is 24.7 Å². The number of hydrogen-bond donors (Lipinski definition) is 2. The first-order valence-corrected chi connectivity index (χ1v) is 8.03. The van der Waals surface area contributed by atoms with Gasteiger partial charge in [-0.3, -0.25) is 14.8 Å². The van der Waals surface area contributed by atoms with Crippen molar-refractivity contribution in [1.82, 2.24) is 20.1 Å². The van der Waals surface area contributed by atoms with Gasteiger partial charge in [-0.25, -0.2) is 4.98 Å². The first-order valence-electron chi connectivity index (χ1n) is 7.21. The smallest absolute Gasteiger partial charge is 0.254 e. The molecule has 0 spiro atoms. The van der Waals surface area contributed by atoms with Crippen molar-refractivity contribution < 1.29 is 4.79 Å². The lowest BCUT2D eigenvalue weighted by Gasteiger charge is -2.36. The van der Waals surface area contributed by atoms with E-state index in [2.05, 4.69) is 27.6 Å². The monoisotopic (exact) mass is 305 g/mol. The summed E-state index contributed by atoms with van der Waals surface area (Å²) < 4.78 is 1.79. The van der Waals surface area contributed by atoms with E-state index in [0.29, 0.717) is 5.13 Å². The topological polar surface area (TPSA) is 71.8 Å². The Bertz CT molecular complexity index is 601. The Morgan fingerprint density at radius 3 is 2.95 bits per heavy atom. The van der Waals surface area contributed by atoms with Crippen molar-refractivity contribution in [1.29, 1.82) is 0 Å². The van der Waals surface area contributed by atoms with Crippen molar-refractivity contribution in [3.63, 3.8) is 0 Å². The third-order valence-electron chi connectivity index (χ3n) is 3.92. The van der Waals surface area contributed by atoms with Crippen molar-refractivity contribution in [2.24, 2.45) is 0 Å². The van der Waals surface area contributed by atoms with Gasteiger partial charge < -0.3 is 5.32 Å². The Labute approximate surface area is 127 Å². The molecule has 0 radical (unpaired) electrons. The van der Waals surface area contributed by atoms with E-state index in [1.165, 1.54) is 16.2 Å². The van der Waals surface area contributed by atoms with Crippen LogP contribution >= 0.6 is 11.3 Å². The maximum absolute atomic E-state index is 12.9. The Kier molecular flexibility index (Phi) is 4.03. The van der Waals surface area contributed by atoms with E-state index in [9.17, 15) is 4.79 Å². The van der Waals surface area contributed by atoms with Gasteiger partial charge in [0.05, 0.1) is 0 Å². The van der Waals surface area contributed by atoms with Crippen molar-refractivity contribution in [3.05, 3.63) is 29.5 Å². The zero-order valence-corrected chi connectivity index (χ0v) is 12.8. The van der Waals surface area contributed by atoms with Gasteiger partial charge in [-0.05, 0) is 38.4 Å². The van der Waals surface area contributed by atoms with E-state index in [1.54, 1.807) is 10.9 Å². The quantitative estimate of drug-likeness (QED) is 0.900. The summed E-state index contributed by atoms with van der Waals surface area (Å²) in [6.07, 6.45) is 7.80. The molecule has 7 heteroatoms. The van der Waals surface area contributed by atoms with Crippen LogP contribution in [-0.4, -0.2) is 33.8 Å². The maximum atomic E-state index is 12.9. The minimum absolute atomic E-state index is 0.0234. The molecule has 0 atom stereocenters. The molecule has 0 aliphatic carbocycles. The molecule has 3 heterocycles. The lowest BCUT2D eigenvalue weighted by Crippen LogP contribution is -2.52. The fourth-order valence-electron chi connectivity index (χ4n) is 2.66. The molecule has 112 valence electrons. The molecule has 2 N–H and O–H groups in total. The number of aromatic nitrogens is 3. The predicted molar refractivity (Wildman–Crippen MR) is 82.4 cm³/mol. The number of carbonyl (C=O) groups excluding carboxylic acids is 1. The van der Waals surface area contributed by atoms with Crippen molar-refractivity contribution in [2.45, 2.75) is 31.7 Å². The molecule has 2 aromatic heterocycles. The molecule has 2 aromatic rings. The Morgan fingerprint density at radius 2 is 2.33 bits per heavy atom. The number of carbonyl (C=O) groups is 1. The fraction of sp³-hybridized carbons (Fsp3) is 0.500. The number of nitrogens with zero attached hydrogens (tertiary/aromatic N) is 3. The van der Waals surface area contributed by atoms with Gasteiger partial charge in [0.15, 0.2) is 5.13 Å². The standard InChI is InChI=1S/C14H19N5OS/c1-2-11-10-16-13(21-11)18-12(20)14(4-7-15-8-5-14)19-9-3-6-17-19/h3,6,9-10,15H,2,4-5,7-8H2,1H3,(H,16,18,20).